The second kappa shape index (κ2) is 6.75. The zero-order chi connectivity index (χ0) is 18.3. The van der Waals surface area contributed by atoms with Crippen LogP contribution < -0.4 is 11.1 Å². The first-order valence-electron chi connectivity index (χ1n) is 7.64. The molecular weight excluding hydrogens is 397 g/mol. The fourth-order valence-corrected chi connectivity index (χ4v) is 3.92. The molecule has 6 nitrogen and oxygen atoms in total. The van der Waals surface area contributed by atoms with Crippen LogP contribution in [0.15, 0.2) is 45.6 Å². The number of nitrogens with one attached hydrogen (secondary N) is 1. The highest BCUT2D eigenvalue weighted by Crippen LogP contribution is 2.28. The Morgan fingerprint density at radius 3 is 2.81 bits per heavy atom. The van der Waals surface area contributed by atoms with Crippen LogP contribution in [0, 0.1) is 0 Å². The van der Waals surface area contributed by atoms with Crippen LogP contribution in [-0.2, 0) is 11.3 Å². The van der Waals surface area contributed by atoms with Gasteiger partial charge < -0.3 is 9.73 Å². The van der Waals surface area contributed by atoms with Gasteiger partial charge in [0.1, 0.15) is 0 Å². The first-order chi connectivity index (χ1) is 12.5. The highest BCUT2D eigenvalue weighted by atomic mass is 35.5. The first-order valence-corrected chi connectivity index (χ1v) is 9.22. The van der Waals surface area contributed by atoms with E-state index in [0.29, 0.717) is 26.3 Å². The number of halogens is 2. The maximum Gasteiger partial charge on any atom is 0.419 e. The van der Waals surface area contributed by atoms with Gasteiger partial charge in [-0.3, -0.25) is 9.36 Å². The summed E-state index contributed by atoms with van der Waals surface area (Å²) in [6.45, 7) is 0.190. The summed E-state index contributed by atoms with van der Waals surface area (Å²) in [5.41, 5.74) is 1.76. The number of fused-ring (bicyclic) bond motifs is 2. The van der Waals surface area contributed by atoms with Crippen LogP contribution in [0.4, 0.5) is 5.13 Å². The van der Waals surface area contributed by atoms with Gasteiger partial charge in [-0.25, -0.2) is 9.78 Å². The number of aromatic nitrogens is 2. The van der Waals surface area contributed by atoms with Gasteiger partial charge in [0.2, 0.25) is 5.91 Å². The molecule has 26 heavy (non-hydrogen) atoms. The summed E-state index contributed by atoms with van der Waals surface area (Å²) in [6.07, 6.45) is 0.105. The standard InChI is InChI=1S/C17H11Cl2N3O3S/c18-9-2-4-12-13(7-9)25-17(24)22(12)6-5-15(23)21-16-20-11-3-1-10(19)8-14(11)26-16/h1-4,7-8H,5-6H2,(H,20,21,23). The van der Waals surface area contributed by atoms with E-state index in [-0.39, 0.29) is 18.9 Å². The number of amides is 1. The Bertz CT molecular complexity index is 1200. The molecule has 9 heteroatoms. The molecule has 2 aromatic carbocycles. The fraction of sp³-hybridized carbons (Fsp3) is 0.118. The second-order valence-electron chi connectivity index (χ2n) is 5.56. The van der Waals surface area contributed by atoms with Crippen molar-refractivity contribution in [3.8, 4) is 0 Å². The van der Waals surface area contributed by atoms with Crippen LogP contribution in [0.3, 0.4) is 0 Å². The molecule has 0 aliphatic carbocycles. The number of hydrogen-bond acceptors (Lipinski definition) is 5. The molecule has 132 valence electrons. The molecule has 0 aliphatic rings. The number of carbonyl (C=O) groups is 1. The zero-order valence-electron chi connectivity index (χ0n) is 13.2. The lowest BCUT2D eigenvalue weighted by atomic mass is 10.3. The van der Waals surface area contributed by atoms with E-state index < -0.39 is 5.76 Å². The molecule has 1 amide bonds. The quantitative estimate of drug-likeness (QED) is 0.538. The maximum absolute atomic E-state index is 12.2. The molecule has 0 aliphatic heterocycles. The molecule has 0 fully saturated rings. The molecule has 4 rings (SSSR count). The summed E-state index contributed by atoms with van der Waals surface area (Å²) in [5, 5.41) is 4.33. The Hall–Kier alpha value is -2.35. The molecule has 2 aromatic heterocycles. The molecule has 0 radical (unpaired) electrons. The lowest BCUT2D eigenvalue weighted by Crippen LogP contribution is -2.19. The van der Waals surface area contributed by atoms with Crippen LogP contribution in [0.1, 0.15) is 6.42 Å². The lowest BCUT2D eigenvalue weighted by molar-refractivity contribution is -0.116. The summed E-state index contributed by atoms with van der Waals surface area (Å²) in [4.78, 5) is 28.5. The first kappa shape index (κ1) is 17.1. The van der Waals surface area contributed by atoms with E-state index >= 15 is 0 Å². The van der Waals surface area contributed by atoms with E-state index in [1.165, 1.54) is 15.9 Å². The van der Waals surface area contributed by atoms with E-state index in [2.05, 4.69) is 10.3 Å². The zero-order valence-corrected chi connectivity index (χ0v) is 15.5. The van der Waals surface area contributed by atoms with Gasteiger partial charge >= 0.3 is 5.76 Å². The summed E-state index contributed by atoms with van der Waals surface area (Å²) < 4.78 is 7.45. The van der Waals surface area contributed by atoms with E-state index in [1.807, 2.05) is 0 Å². The van der Waals surface area contributed by atoms with Crippen molar-refractivity contribution in [1.29, 1.82) is 0 Å². The van der Waals surface area contributed by atoms with E-state index in [0.717, 1.165) is 10.2 Å². The number of anilines is 1. The third-order valence-corrected chi connectivity index (χ3v) is 5.19. The molecule has 0 bridgehead atoms. The molecule has 4 aromatic rings. The van der Waals surface area contributed by atoms with Gasteiger partial charge in [-0.15, -0.1) is 0 Å². The number of hydrogen-bond donors (Lipinski definition) is 1. The second-order valence-corrected chi connectivity index (χ2v) is 7.46. The molecule has 2 heterocycles. The number of nitrogens with zero attached hydrogens (tertiary/aromatic N) is 2. The van der Waals surface area contributed by atoms with Crippen molar-refractivity contribution in [2.75, 3.05) is 5.32 Å². The number of thiazole rings is 1. The smallest absolute Gasteiger partial charge is 0.408 e. The van der Waals surface area contributed by atoms with E-state index in [4.69, 9.17) is 27.6 Å². The van der Waals surface area contributed by atoms with Crippen molar-refractivity contribution < 1.29 is 9.21 Å². The van der Waals surface area contributed by atoms with Crippen LogP contribution in [0.25, 0.3) is 21.3 Å². The number of aryl methyl sites for hydroxylation is 1. The third-order valence-electron chi connectivity index (χ3n) is 3.79. The Kier molecular flexibility index (Phi) is 4.44. The van der Waals surface area contributed by atoms with Crippen molar-refractivity contribution >= 4 is 66.9 Å². The van der Waals surface area contributed by atoms with Crippen molar-refractivity contribution in [2.45, 2.75) is 13.0 Å². The monoisotopic (exact) mass is 407 g/mol. The predicted molar refractivity (Wildman–Crippen MR) is 103 cm³/mol. The molecule has 0 unspecified atom stereocenters. The Labute approximate surface area is 161 Å². The number of oxazole rings is 1. The Morgan fingerprint density at radius 1 is 1.19 bits per heavy atom. The number of benzene rings is 2. The largest absolute Gasteiger partial charge is 0.419 e. The summed E-state index contributed by atoms with van der Waals surface area (Å²) in [6, 6.07) is 10.3. The number of rotatable bonds is 4. The highest BCUT2D eigenvalue weighted by molar-refractivity contribution is 7.22. The Morgan fingerprint density at radius 2 is 1.96 bits per heavy atom. The third kappa shape index (κ3) is 3.33. The fourth-order valence-electron chi connectivity index (χ4n) is 2.60. The molecule has 1 N–H and O–H groups in total. The SMILES string of the molecule is O=C(CCn1c(=O)oc2cc(Cl)ccc21)Nc1nc2ccc(Cl)cc2s1. The van der Waals surface area contributed by atoms with Crippen molar-refractivity contribution in [3.05, 3.63) is 57.0 Å². The van der Waals surface area contributed by atoms with Gasteiger partial charge in [0.05, 0.1) is 15.7 Å². The average Bonchev–Trinajstić information content (AvgIpc) is 3.11. The topological polar surface area (TPSA) is 77.1 Å². The van der Waals surface area contributed by atoms with Crippen LogP contribution in [0.5, 0.6) is 0 Å². The van der Waals surface area contributed by atoms with Crippen molar-refractivity contribution in [2.24, 2.45) is 0 Å². The van der Waals surface area contributed by atoms with Crippen LogP contribution in [0.2, 0.25) is 10.0 Å². The minimum Gasteiger partial charge on any atom is -0.408 e. The highest BCUT2D eigenvalue weighted by Gasteiger charge is 2.13. The van der Waals surface area contributed by atoms with Crippen LogP contribution >= 0.6 is 34.5 Å². The van der Waals surface area contributed by atoms with Gasteiger partial charge in [-0.05, 0) is 30.3 Å². The maximum atomic E-state index is 12.2. The summed E-state index contributed by atoms with van der Waals surface area (Å²) in [7, 11) is 0. The molecule has 0 spiro atoms. The van der Waals surface area contributed by atoms with Gasteiger partial charge in [0.15, 0.2) is 10.7 Å². The van der Waals surface area contributed by atoms with Crippen molar-refractivity contribution in [3.63, 3.8) is 0 Å². The molecule has 0 saturated heterocycles. The number of carbonyl (C=O) groups excluding carboxylic acids is 1. The molecular formula is C17H11Cl2N3O3S. The minimum atomic E-state index is -0.523. The van der Waals surface area contributed by atoms with Gasteiger partial charge in [-0.1, -0.05) is 34.5 Å². The normalized spacial score (nSPS) is 11.3. The average molecular weight is 408 g/mol. The minimum absolute atomic E-state index is 0.105. The summed E-state index contributed by atoms with van der Waals surface area (Å²) >= 11 is 13.2. The predicted octanol–water partition coefficient (Wildman–Crippen LogP) is 4.54. The van der Waals surface area contributed by atoms with Crippen molar-refractivity contribution in [1.82, 2.24) is 9.55 Å². The van der Waals surface area contributed by atoms with Gasteiger partial charge in [0.25, 0.3) is 0 Å². The van der Waals surface area contributed by atoms with Gasteiger partial charge in [-0.2, -0.15) is 0 Å². The summed E-state index contributed by atoms with van der Waals surface area (Å²) in [5.74, 6) is -0.768. The molecule has 0 saturated carbocycles. The van der Waals surface area contributed by atoms with Gasteiger partial charge in [0, 0.05) is 29.1 Å². The lowest BCUT2D eigenvalue weighted by Gasteiger charge is -2.03. The van der Waals surface area contributed by atoms with E-state index in [1.54, 1.807) is 36.4 Å². The van der Waals surface area contributed by atoms with E-state index in [9.17, 15) is 9.59 Å². The van der Waals surface area contributed by atoms with Crippen LogP contribution in [-0.4, -0.2) is 15.5 Å². The Balaban J connectivity index is 1.48. The molecule has 0 atom stereocenters.